The van der Waals surface area contributed by atoms with E-state index in [1.807, 2.05) is 42.5 Å². The molecule has 4 heteroatoms. The van der Waals surface area contributed by atoms with Gasteiger partial charge in [-0.2, -0.15) is 0 Å². The zero-order valence-corrected chi connectivity index (χ0v) is 11.6. The minimum absolute atomic E-state index is 0.430. The number of aliphatic hydroxyl groups is 1. The van der Waals surface area contributed by atoms with Crippen LogP contribution in [-0.4, -0.2) is 23.1 Å². The quantitative estimate of drug-likeness (QED) is 0.845. The van der Waals surface area contributed by atoms with Crippen molar-refractivity contribution in [2.75, 3.05) is 13.1 Å². The fourth-order valence-corrected chi connectivity index (χ4v) is 3.64. The molecule has 2 N–H and O–H groups in total. The molecule has 0 saturated carbocycles. The third-order valence-electron chi connectivity index (χ3n) is 4.35. The normalized spacial score (nSPS) is 28.4. The molecule has 0 bridgehead atoms. The van der Waals surface area contributed by atoms with Crippen LogP contribution in [0.4, 0.5) is 0 Å². The lowest BCUT2D eigenvalue weighted by atomic mass is 9.91. The summed E-state index contributed by atoms with van der Waals surface area (Å²) < 4.78 is 0. The van der Waals surface area contributed by atoms with Gasteiger partial charge in [-0.25, -0.2) is 4.90 Å². The van der Waals surface area contributed by atoms with Crippen LogP contribution in [0.1, 0.15) is 22.9 Å². The van der Waals surface area contributed by atoms with E-state index in [-0.39, 0.29) is 0 Å². The van der Waals surface area contributed by atoms with Crippen molar-refractivity contribution in [3.05, 3.63) is 70.2 Å². The van der Waals surface area contributed by atoms with Crippen LogP contribution < -0.4 is 5.32 Å². The van der Waals surface area contributed by atoms with Crippen LogP contribution in [0.15, 0.2) is 48.5 Å². The second-order valence-electron chi connectivity index (χ2n) is 5.30. The number of fused-ring (bicyclic) bond motifs is 3. The number of nitrogens with one attached hydrogen (secondary N) is 1. The molecule has 2 aromatic rings. The van der Waals surface area contributed by atoms with E-state index in [1.165, 1.54) is 0 Å². The molecule has 2 aromatic carbocycles. The summed E-state index contributed by atoms with van der Waals surface area (Å²) >= 11 is 6.00. The molecule has 0 aromatic heterocycles. The van der Waals surface area contributed by atoms with Crippen LogP contribution in [0.5, 0.6) is 0 Å². The van der Waals surface area contributed by atoms with Crippen molar-refractivity contribution in [1.29, 1.82) is 0 Å². The highest BCUT2D eigenvalue weighted by atomic mass is 35.5. The van der Waals surface area contributed by atoms with Crippen LogP contribution in [0.2, 0.25) is 5.02 Å². The Labute approximate surface area is 122 Å². The average Bonchev–Trinajstić information content (AvgIpc) is 3.01. The average molecular weight is 287 g/mol. The fraction of sp³-hybridized carbons (Fsp3) is 0.250. The maximum absolute atomic E-state index is 10.6. The Morgan fingerprint density at radius 3 is 2.70 bits per heavy atom. The standard InChI is InChI=1S/C16H15ClN2O/c17-12-7-5-11(6-8-12)16-14-4-2-1-3-13(14)15(20)19(16)10-9-18-16/h1-8,15,18,20H,9-10H2. The number of benzene rings is 2. The van der Waals surface area contributed by atoms with Gasteiger partial charge in [-0.15, -0.1) is 0 Å². The van der Waals surface area contributed by atoms with Gasteiger partial charge in [-0.05, 0) is 23.3 Å². The largest absolute Gasteiger partial charge is 0.374 e. The van der Waals surface area contributed by atoms with E-state index in [0.717, 1.165) is 34.8 Å². The molecule has 0 aliphatic carbocycles. The summed E-state index contributed by atoms with van der Waals surface area (Å²) in [5.74, 6) is 0. The van der Waals surface area contributed by atoms with E-state index < -0.39 is 11.9 Å². The zero-order valence-electron chi connectivity index (χ0n) is 10.9. The SMILES string of the molecule is OC1c2ccccc2C2(c3ccc(Cl)cc3)NCCN12. The highest BCUT2D eigenvalue weighted by Crippen LogP contribution is 2.49. The Morgan fingerprint density at radius 1 is 1.15 bits per heavy atom. The Balaban J connectivity index is 1.96. The summed E-state index contributed by atoms with van der Waals surface area (Å²) in [4.78, 5) is 2.11. The van der Waals surface area contributed by atoms with Gasteiger partial charge in [0.15, 0.2) is 0 Å². The molecule has 0 radical (unpaired) electrons. The highest BCUT2D eigenvalue weighted by molar-refractivity contribution is 6.30. The van der Waals surface area contributed by atoms with Crippen LogP contribution in [0, 0.1) is 0 Å². The lowest BCUT2D eigenvalue weighted by Gasteiger charge is -2.34. The third-order valence-corrected chi connectivity index (χ3v) is 4.60. The topological polar surface area (TPSA) is 35.5 Å². The van der Waals surface area contributed by atoms with Gasteiger partial charge in [0.2, 0.25) is 0 Å². The highest BCUT2D eigenvalue weighted by Gasteiger charge is 2.53. The van der Waals surface area contributed by atoms with Crippen LogP contribution in [0.25, 0.3) is 0 Å². The van der Waals surface area contributed by atoms with Gasteiger partial charge in [0, 0.05) is 23.7 Å². The lowest BCUT2D eigenvalue weighted by molar-refractivity contribution is -0.0173. The predicted molar refractivity (Wildman–Crippen MR) is 78.3 cm³/mol. The number of rotatable bonds is 1. The van der Waals surface area contributed by atoms with Gasteiger partial charge < -0.3 is 5.11 Å². The van der Waals surface area contributed by atoms with Crippen LogP contribution in [-0.2, 0) is 5.66 Å². The van der Waals surface area contributed by atoms with Crippen molar-refractivity contribution in [1.82, 2.24) is 10.2 Å². The Bertz CT molecular complexity index is 658. The third kappa shape index (κ3) is 1.46. The van der Waals surface area contributed by atoms with E-state index in [1.54, 1.807) is 0 Å². The number of hydrogen-bond donors (Lipinski definition) is 2. The molecule has 20 heavy (non-hydrogen) atoms. The summed E-state index contributed by atoms with van der Waals surface area (Å²) in [6, 6.07) is 15.9. The molecule has 3 nitrogen and oxygen atoms in total. The summed E-state index contributed by atoms with van der Waals surface area (Å²) in [6.45, 7) is 1.67. The van der Waals surface area contributed by atoms with Crippen LogP contribution >= 0.6 is 11.6 Å². The second-order valence-corrected chi connectivity index (χ2v) is 5.73. The molecular formula is C16H15ClN2O. The van der Waals surface area contributed by atoms with E-state index in [4.69, 9.17) is 11.6 Å². The monoisotopic (exact) mass is 286 g/mol. The molecule has 2 aliphatic heterocycles. The second kappa shape index (κ2) is 4.30. The molecule has 2 heterocycles. The maximum atomic E-state index is 10.6. The maximum Gasteiger partial charge on any atom is 0.135 e. The first kappa shape index (κ1) is 12.4. The minimum Gasteiger partial charge on any atom is -0.374 e. The van der Waals surface area contributed by atoms with Crippen molar-refractivity contribution >= 4 is 11.6 Å². The Kier molecular flexibility index (Phi) is 2.66. The van der Waals surface area contributed by atoms with Gasteiger partial charge in [0.1, 0.15) is 11.9 Å². The lowest BCUT2D eigenvalue weighted by Crippen LogP contribution is -2.46. The van der Waals surface area contributed by atoms with Gasteiger partial charge >= 0.3 is 0 Å². The molecule has 1 saturated heterocycles. The number of hydrogen-bond acceptors (Lipinski definition) is 3. The number of halogens is 1. The fourth-order valence-electron chi connectivity index (χ4n) is 3.52. The van der Waals surface area contributed by atoms with E-state index >= 15 is 0 Å². The van der Waals surface area contributed by atoms with Gasteiger partial charge in [0.25, 0.3) is 0 Å². The molecular weight excluding hydrogens is 272 g/mol. The first-order chi connectivity index (χ1) is 9.73. The predicted octanol–water partition coefficient (Wildman–Crippen LogP) is 2.45. The van der Waals surface area contributed by atoms with Crippen molar-refractivity contribution in [2.45, 2.75) is 11.9 Å². The first-order valence-electron chi connectivity index (χ1n) is 6.79. The van der Waals surface area contributed by atoms with E-state index in [0.29, 0.717) is 0 Å². The number of aliphatic hydroxyl groups excluding tert-OH is 1. The molecule has 2 atom stereocenters. The van der Waals surface area contributed by atoms with E-state index in [2.05, 4.69) is 16.3 Å². The van der Waals surface area contributed by atoms with Crippen molar-refractivity contribution in [3.63, 3.8) is 0 Å². The van der Waals surface area contributed by atoms with Crippen molar-refractivity contribution < 1.29 is 5.11 Å². The summed E-state index contributed by atoms with van der Waals surface area (Å²) in [5.41, 5.74) is 2.80. The molecule has 0 spiro atoms. The molecule has 4 rings (SSSR count). The van der Waals surface area contributed by atoms with Gasteiger partial charge in [-0.1, -0.05) is 48.0 Å². The zero-order chi connectivity index (χ0) is 13.7. The van der Waals surface area contributed by atoms with Gasteiger partial charge in [-0.3, -0.25) is 5.32 Å². The van der Waals surface area contributed by atoms with Crippen LogP contribution in [0.3, 0.4) is 0 Å². The summed E-state index contributed by atoms with van der Waals surface area (Å²) in [6.07, 6.45) is -0.558. The van der Waals surface area contributed by atoms with Crippen molar-refractivity contribution in [2.24, 2.45) is 0 Å². The van der Waals surface area contributed by atoms with Gasteiger partial charge in [0.05, 0.1) is 0 Å². The molecule has 2 aliphatic rings. The Hall–Kier alpha value is -1.39. The molecule has 2 unspecified atom stereocenters. The smallest absolute Gasteiger partial charge is 0.135 e. The Morgan fingerprint density at radius 2 is 1.90 bits per heavy atom. The van der Waals surface area contributed by atoms with Crippen molar-refractivity contribution in [3.8, 4) is 0 Å². The molecule has 1 fully saturated rings. The first-order valence-corrected chi connectivity index (χ1v) is 7.16. The number of nitrogens with zero attached hydrogens (tertiary/aromatic N) is 1. The molecule has 102 valence electrons. The molecule has 0 amide bonds. The summed E-state index contributed by atoms with van der Waals surface area (Å²) in [5, 5.41) is 14.9. The van der Waals surface area contributed by atoms with E-state index in [9.17, 15) is 5.11 Å². The summed E-state index contributed by atoms with van der Waals surface area (Å²) in [7, 11) is 0. The minimum atomic E-state index is -0.558.